The van der Waals surface area contributed by atoms with Crippen molar-refractivity contribution in [2.75, 3.05) is 20.6 Å². The second-order valence-corrected chi connectivity index (χ2v) is 5.19. The Hall–Kier alpha value is -1.55. The lowest BCUT2D eigenvalue weighted by Gasteiger charge is -2.27. The predicted molar refractivity (Wildman–Crippen MR) is 77.1 cm³/mol. The molecule has 4 heteroatoms. The summed E-state index contributed by atoms with van der Waals surface area (Å²) in [6.07, 6.45) is 0. The molecular formula is C15H24N2O2. The van der Waals surface area contributed by atoms with E-state index in [9.17, 15) is 9.90 Å². The van der Waals surface area contributed by atoms with Crippen LogP contribution in [0.5, 0.6) is 5.75 Å². The quantitative estimate of drug-likeness (QED) is 0.856. The van der Waals surface area contributed by atoms with E-state index in [4.69, 9.17) is 0 Å². The Balaban J connectivity index is 2.76. The number of carbonyl (C=O) groups is 1. The van der Waals surface area contributed by atoms with Gasteiger partial charge in [-0.05, 0) is 32.5 Å². The molecule has 0 heterocycles. The summed E-state index contributed by atoms with van der Waals surface area (Å²) in [6, 6.07) is 5.76. The summed E-state index contributed by atoms with van der Waals surface area (Å²) in [5, 5.41) is 12.6. The lowest BCUT2D eigenvalue weighted by Crippen LogP contribution is -2.35. The molecule has 0 saturated carbocycles. The van der Waals surface area contributed by atoms with Gasteiger partial charge in [0.15, 0.2) is 0 Å². The number of nitrogens with zero attached hydrogens (tertiary/aromatic N) is 1. The molecule has 19 heavy (non-hydrogen) atoms. The van der Waals surface area contributed by atoms with E-state index in [1.807, 2.05) is 40.0 Å². The van der Waals surface area contributed by atoms with E-state index in [0.717, 1.165) is 11.1 Å². The second kappa shape index (κ2) is 6.57. The van der Waals surface area contributed by atoms with Crippen LogP contribution in [-0.2, 0) is 4.79 Å². The summed E-state index contributed by atoms with van der Waals surface area (Å²) < 4.78 is 0. The molecule has 0 aromatic heterocycles. The van der Waals surface area contributed by atoms with Crippen LogP contribution < -0.4 is 5.32 Å². The Morgan fingerprint density at radius 3 is 2.58 bits per heavy atom. The lowest BCUT2D eigenvalue weighted by molar-refractivity contribution is -0.124. The number of benzene rings is 1. The van der Waals surface area contributed by atoms with Gasteiger partial charge >= 0.3 is 0 Å². The molecule has 2 unspecified atom stereocenters. The minimum absolute atomic E-state index is 0.0344. The van der Waals surface area contributed by atoms with Crippen molar-refractivity contribution >= 4 is 5.91 Å². The molecule has 2 atom stereocenters. The average molecular weight is 264 g/mol. The summed E-state index contributed by atoms with van der Waals surface area (Å²) in [7, 11) is 3.61. The molecule has 0 aliphatic rings. The van der Waals surface area contributed by atoms with E-state index in [1.165, 1.54) is 0 Å². The van der Waals surface area contributed by atoms with Gasteiger partial charge in [-0.2, -0.15) is 0 Å². The molecule has 0 fully saturated rings. The topological polar surface area (TPSA) is 52.6 Å². The number of hydrogen-bond donors (Lipinski definition) is 2. The Bertz CT molecular complexity index is 446. The molecule has 1 amide bonds. The van der Waals surface area contributed by atoms with Crippen molar-refractivity contribution in [3.63, 3.8) is 0 Å². The number of phenolic OH excluding ortho intramolecular Hbond substituents is 1. The first-order chi connectivity index (χ1) is 8.86. The highest BCUT2D eigenvalue weighted by atomic mass is 16.3. The Kier molecular flexibility index (Phi) is 5.36. The number of phenols is 1. The van der Waals surface area contributed by atoms with Crippen LogP contribution in [0.2, 0.25) is 0 Å². The van der Waals surface area contributed by atoms with E-state index in [2.05, 4.69) is 10.2 Å². The zero-order valence-electron chi connectivity index (χ0n) is 12.4. The van der Waals surface area contributed by atoms with E-state index in [-0.39, 0.29) is 17.9 Å². The predicted octanol–water partition coefficient (Wildman–Crippen LogP) is 2.08. The molecule has 1 aromatic rings. The zero-order valence-corrected chi connectivity index (χ0v) is 12.4. The molecular weight excluding hydrogens is 240 g/mol. The molecule has 0 spiro atoms. The van der Waals surface area contributed by atoms with Crippen LogP contribution in [0.15, 0.2) is 18.2 Å². The van der Waals surface area contributed by atoms with Gasteiger partial charge in [0.2, 0.25) is 5.91 Å². The van der Waals surface area contributed by atoms with Gasteiger partial charge in [-0.1, -0.05) is 19.1 Å². The first kappa shape index (κ1) is 15.5. The number of amides is 1. The SMILES string of the molecule is CNC(=O)C(C)CN(C)C(C)c1ccc(C)cc1O. The average Bonchev–Trinajstić information content (AvgIpc) is 2.36. The van der Waals surface area contributed by atoms with Crippen molar-refractivity contribution in [3.8, 4) is 5.75 Å². The highest BCUT2D eigenvalue weighted by Gasteiger charge is 2.20. The number of carbonyl (C=O) groups excluding carboxylic acids is 1. The molecule has 1 rings (SSSR count). The van der Waals surface area contributed by atoms with E-state index in [0.29, 0.717) is 12.3 Å². The minimum Gasteiger partial charge on any atom is -0.508 e. The molecule has 0 radical (unpaired) electrons. The normalized spacial score (nSPS) is 14.2. The van der Waals surface area contributed by atoms with Gasteiger partial charge in [0, 0.05) is 31.1 Å². The Labute approximate surface area is 115 Å². The van der Waals surface area contributed by atoms with Crippen molar-refractivity contribution < 1.29 is 9.90 Å². The summed E-state index contributed by atoms with van der Waals surface area (Å²) in [6.45, 7) is 6.53. The van der Waals surface area contributed by atoms with Crippen LogP contribution in [0, 0.1) is 12.8 Å². The number of hydrogen-bond acceptors (Lipinski definition) is 3. The summed E-state index contributed by atoms with van der Waals surface area (Å²) in [5.74, 6) is 0.268. The number of nitrogens with one attached hydrogen (secondary N) is 1. The lowest BCUT2D eigenvalue weighted by atomic mass is 10.0. The van der Waals surface area contributed by atoms with Crippen LogP contribution in [0.4, 0.5) is 0 Å². The van der Waals surface area contributed by atoms with Gasteiger partial charge in [-0.15, -0.1) is 0 Å². The van der Waals surface area contributed by atoms with Gasteiger partial charge < -0.3 is 10.4 Å². The van der Waals surface area contributed by atoms with E-state index in [1.54, 1.807) is 13.1 Å². The molecule has 0 saturated heterocycles. The number of aromatic hydroxyl groups is 1. The Morgan fingerprint density at radius 2 is 2.05 bits per heavy atom. The fourth-order valence-electron chi connectivity index (χ4n) is 2.16. The number of aryl methyl sites for hydroxylation is 1. The summed E-state index contributed by atoms with van der Waals surface area (Å²) >= 11 is 0. The molecule has 4 nitrogen and oxygen atoms in total. The first-order valence-corrected chi connectivity index (χ1v) is 6.58. The van der Waals surface area contributed by atoms with Gasteiger partial charge in [-0.3, -0.25) is 9.69 Å². The largest absolute Gasteiger partial charge is 0.508 e. The van der Waals surface area contributed by atoms with Crippen molar-refractivity contribution in [1.82, 2.24) is 10.2 Å². The van der Waals surface area contributed by atoms with Gasteiger partial charge in [0.25, 0.3) is 0 Å². The molecule has 0 aliphatic heterocycles. The third-order valence-electron chi connectivity index (χ3n) is 3.55. The molecule has 106 valence electrons. The van der Waals surface area contributed by atoms with Crippen molar-refractivity contribution in [1.29, 1.82) is 0 Å². The molecule has 0 bridgehead atoms. The number of rotatable bonds is 5. The molecule has 2 N–H and O–H groups in total. The first-order valence-electron chi connectivity index (χ1n) is 6.58. The molecule has 0 aliphatic carbocycles. The second-order valence-electron chi connectivity index (χ2n) is 5.19. The van der Waals surface area contributed by atoms with Gasteiger partial charge in [-0.25, -0.2) is 0 Å². The van der Waals surface area contributed by atoms with Crippen LogP contribution >= 0.6 is 0 Å². The maximum Gasteiger partial charge on any atom is 0.223 e. The van der Waals surface area contributed by atoms with Crippen LogP contribution in [-0.4, -0.2) is 36.6 Å². The van der Waals surface area contributed by atoms with Crippen molar-refractivity contribution in [2.24, 2.45) is 5.92 Å². The highest BCUT2D eigenvalue weighted by molar-refractivity contribution is 5.78. The maximum absolute atomic E-state index is 11.5. The van der Waals surface area contributed by atoms with Crippen LogP contribution in [0.3, 0.4) is 0 Å². The minimum atomic E-state index is -0.0787. The Morgan fingerprint density at radius 1 is 1.42 bits per heavy atom. The fraction of sp³-hybridized carbons (Fsp3) is 0.533. The van der Waals surface area contributed by atoms with Crippen LogP contribution in [0.1, 0.15) is 31.0 Å². The van der Waals surface area contributed by atoms with E-state index >= 15 is 0 Å². The fourth-order valence-corrected chi connectivity index (χ4v) is 2.16. The third kappa shape index (κ3) is 3.96. The van der Waals surface area contributed by atoms with Crippen molar-refractivity contribution in [3.05, 3.63) is 29.3 Å². The van der Waals surface area contributed by atoms with Crippen molar-refractivity contribution in [2.45, 2.75) is 26.8 Å². The zero-order chi connectivity index (χ0) is 14.6. The van der Waals surface area contributed by atoms with Gasteiger partial charge in [0.1, 0.15) is 5.75 Å². The summed E-state index contributed by atoms with van der Waals surface area (Å²) in [4.78, 5) is 13.6. The van der Waals surface area contributed by atoms with Crippen LogP contribution in [0.25, 0.3) is 0 Å². The van der Waals surface area contributed by atoms with Gasteiger partial charge in [0.05, 0.1) is 0 Å². The standard InChI is InChI=1S/C15H24N2O2/c1-10-6-7-13(14(18)8-10)12(3)17(5)9-11(2)15(19)16-4/h6-8,11-12,18H,9H2,1-5H3,(H,16,19). The summed E-state index contributed by atoms with van der Waals surface area (Å²) in [5.41, 5.74) is 1.92. The maximum atomic E-state index is 11.5. The van der Waals surface area contributed by atoms with E-state index < -0.39 is 0 Å². The third-order valence-corrected chi connectivity index (χ3v) is 3.55. The highest BCUT2D eigenvalue weighted by Crippen LogP contribution is 2.28. The molecule has 1 aromatic carbocycles. The monoisotopic (exact) mass is 264 g/mol. The smallest absolute Gasteiger partial charge is 0.223 e.